The molecule has 0 aromatic rings. The molecule has 2 fully saturated rings. The number of amides is 1. The predicted molar refractivity (Wildman–Crippen MR) is 64.7 cm³/mol. The summed E-state index contributed by atoms with van der Waals surface area (Å²) in [5.74, 6) is -1.33. The van der Waals surface area contributed by atoms with E-state index in [0.717, 1.165) is 13.1 Å². The zero-order valence-corrected chi connectivity index (χ0v) is 10.9. The Balaban J connectivity index is 1.83. The third kappa shape index (κ3) is 4.07. The van der Waals surface area contributed by atoms with Gasteiger partial charge in [-0.2, -0.15) is 13.2 Å². The topological polar surface area (TPSA) is 35.6 Å². The highest BCUT2D eigenvalue weighted by atomic mass is 19.4. The summed E-state index contributed by atoms with van der Waals surface area (Å²) >= 11 is 0. The molecular weight excluding hydrogens is 259 g/mol. The largest absolute Gasteiger partial charge is 0.393 e. The summed E-state index contributed by atoms with van der Waals surface area (Å²) in [6, 6.07) is 0. The number of likely N-dealkylation sites (tertiary alicyclic amines) is 1. The van der Waals surface area contributed by atoms with E-state index in [-0.39, 0.29) is 25.4 Å². The standard InChI is InChI=1S/C12H20F3N3O/c13-12(14,15)10-2-1-5-17(8-10)9-11(19)18-6-3-16-4-7-18/h10,16H,1-9H2. The Labute approximate surface area is 110 Å². The van der Waals surface area contributed by atoms with Gasteiger partial charge in [-0.25, -0.2) is 0 Å². The van der Waals surface area contributed by atoms with Crippen LogP contribution >= 0.6 is 0 Å². The van der Waals surface area contributed by atoms with E-state index in [0.29, 0.717) is 26.1 Å². The van der Waals surface area contributed by atoms with Gasteiger partial charge in [-0.05, 0) is 19.4 Å². The first kappa shape index (κ1) is 14.6. The minimum absolute atomic E-state index is 0.0403. The minimum atomic E-state index is -4.14. The molecule has 4 nitrogen and oxygen atoms in total. The number of hydrogen-bond donors (Lipinski definition) is 1. The molecule has 2 aliphatic heterocycles. The van der Waals surface area contributed by atoms with Crippen LogP contribution in [0.1, 0.15) is 12.8 Å². The van der Waals surface area contributed by atoms with Crippen molar-refractivity contribution in [3.63, 3.8) is 0 Å². The zero-order valence-electron chi connectivity index (χ0n) is 10.9. The fourth-order valence-electron chi connectivity index (χ4n) is 2.67. The van der Waals surface area contributed by atoms with Crippen LogP contribution < -0.4 is 5.32 Å². The molecule has 0 spiro atoms. The molecule has 2 aliphatic rings. The molecule has 2 heterocycles. The van der Waals surface area contributed by atoms with Crippen molar-refractivity contribution in [3.05, 3.63) is 0 Å². The first-order chi connectivity index (χ1) is 8.97. The van der Waals surface area contributed by atoms with E-state index in [4.69, 9.17) is 0 Å². The quantitative estimate of drug-likeness (QED) is 0.808. The molecule has 0 radical (unpaired) electrons. The van der Waals surface area contributed by atoms with Crippen LogP contribution in [-0.2, 0) is 4.79 Å². The molecule has 2 rings (SSSR count). The van der Waals surface area contributed by atoms with Crippen molar-refractivity contribution in [2.75, 3.05) is 45.8 Å². The Morgan fingerprint density at radius 3 is 2.53 bits per heavy atom. The third-order valence-electron chi connectivity index (χ3n) is 3.80. The fourth-order valence-corrected chi connectivity index (χ4v) is 2.67. The fraction of sp³-hybridized carbons (Fsp3) is 0.917. The number of rotatable bonds is 2. The smallest absolute Gasteiger partial charge is 0.339 e. The lowest BCUT2D eigenvalue weighted by Gasteiger charge is -2.35. The van der Waals surface area contributed by atoms with E-state index >= 15 is 0 Å². The number of hydrogen-bond acceptors (Lipinski definition) is 3. The van der Waals surface area contributed by atoms with Gasteiger partial charge in [0, 0.05) is 32.7 Å². The summed E-state index contributed by atoms with van der Waals surface area (Å²) < 4.78 is 38.0. The average Bonchev–Trinajstić information content (AvgIpc) is 2.39. The Hall–Kier alpha value is -0.820. The van der Waals surface area contributed by atoms with E-state index < -0.39 is 12.1 Å². The van der Waals surface area contributed by atoms with Crippen LogP contribution in [0.25, 0.3) is 0 Å². The van der Waals surface area contributed by atoms with Crippen LogP contribution in [0.15, 0.2) is 0 Å². The van der Waals surface area contributed by atoms with Crippen molar-refractivity contribution in [3.8, 4) is 0 Å². The number of carbonyl (C=O) groups is 1. The molecule has 7 heteroatoms. The van der Waals surface area contributed by atoms with Gasteiger partial charge in [0.1, 0.15) is 0 Å². The maximum absolute atomic E-state index is 12.7. The van der Waals surface area contributed by atoms with E-state index in [9.17, 15) is 18.0 Å². The van der Waals surface area contributed by atoms with Crippen LogP contribution in [0, 0.1) is 5.92 Å². The van der Waals surface area contributed by atoms with Crippen LogP contribution in [-0.4, -0.2) is 67.7 Å². The molecule has 110 valence electrons. The summed E-state index contributed by atoms with van der Waals surface area (Å²) in [5.41, 5.74) is 0. The summed E-state index contributed by atoms with van der Waals surface area (Å²) in [7, 11) is 0. The first-order valence-electron chi connectivity index (χ1n) is 6.74. The zero-order chi connectivity index (χ0) is 13.9. The monoisotopic (exact) mass is 279 g/mol. The molecule has 0 aromatic heterocycles. The molecule has 19 heavy (non-hydrogen) atoms. The maximum atomic E-state index is 12.7. The molecule has 0 saturated carbocycles. The molecule has 1 unspecified atom stereocenters. The van der Waals surface area contributed by atoms with Gasteiger partial charge >= 0.3 is 6.18 Å². The van der Waals surface area contributed by atoms with Crippen molar-refractivity contribution >= 4 is 5.91 Å². The van der Waals surface area contributed by atoms with E-state index in [1.807, 2.05) is 0 Å². The van der Waals surface area contributed by atoms with Gasteiger partial charge in [-0.1, -0.05) is 0 Å². The SMILES string of the molecule is O=C(CN1CCCC(C(F)(F)F)C1)N1CCNCC1. The summed E-state index contributed by atoms with van der Waals surface area (Å²) in [6.45, 7) is 3.48. The van der Waals surface area contributed by atoms with Gasteiger partial charge in [0.2, 0.25) is 5.91 Å². The number of carbonyl (C=O) groups excluding carboxylic acids is 1. The van der Waals surface area contributed by atoms with Gasteiger partial charge in [0.25, 0.3) is 0 Å². The van der Waals surface area contributed by atoms with Gasteiger partial charge in [-0.15, -0.1) is 0 Å². The Bertz CT molecular complexity index is 316. The lowest BCUT2D eigenvalue weighted by atomic mass is 9.97. The first-order valence-corrected chi connectivity index (χ1v) is 6.74. The van der Waals surface area contributed by atoms with Crippen molar-refractivity contribution in [2.45, 2.75) is 19.0 Å². The highest BCUT2D eigenvalue weighted by molar-refractivity contribution is 5.78. The molecular formula is C12H20F3N3O. The van der Waals surface area contributed by atoms with Crippen molar-refractivity contribution in [1.29, 1.82) is 0 Å². The number of nitrogens with one attached hydrogen (secondary N) is 1. The number of piperidine rings is 1. The van der Waals surface area contributed by atoms with Crippen LogP contribution in [0.3, 0.4) is 0 Å². The lowest BCUT2D eigenvalue weighted by Crippen LogP contribution is -2.51. The van der Waals surface area contributed by atoms with Gasteiger partial charge in [0.15, 0.2) is 0 Å². The maximum Gasteiger partial charge on any atom is 0.393 e. The number of halogens is 3. The molecule has 1 N–H and O–H groups in total. The van der Waals surface area contributed by atoms with Gasteiger partial charge in [0.05, 0.1) is 12.5 Å². The average molecular weight is 279 g/mol. The van der Waals surface area contributed by atoms with Crippen LogP contribution in [0.5, 0.6) is 0 Å². The molecule has 1 atom stereocenters. The Morgan fingerprint density at radius 1 is 1.21 bits per heavy atom. The number of alkyl halides is 3. The normalized spacial score (nSPS) is 26.5. The highest BCUT2D eigenvalue weighted by Crippen LogP contribution is 2.32. The van der Waals surface area contributed by atoms with E-state index in [2.05, 4.69) is 5.32 Å². The molecule has 0 aliphatic carbocycles. The number of piperazine rings is 1. The second-order valence-corrected chi connectivity index (χ2v) is 5.25. The van der Waals surface area contributed by atoms with Crippen molar-refractivity contribution in [2.24, 2.45) is 5.92 Å². The highest BCUT2D eigenvalue weighted by Gasteiger charge is 2.42. The summed E-state index contributed by atoms with van der Waals surface area (Å²) in [4.78, 5) is 15.4. The van der Waals surface area contributed by atoms with Crippen LogP contribution in [0.4, 0.5) is 13.2 Å². The third-order valence-corrected chi connectivity index (χ3v) is 3.80. The van der Waals surface area contributed by atoms with Crippen molar-refractivity contribution in [1.82, 2.24) is 15.1 Å². The van der Waals surface area contributed by atoms with Crippen molar-refractivity contribution < 1.29 is 18.0 Å². The molecule has 1 amide bonds. The molecule has 0 bridgehead atoms. The van der Waals surface area contributed by atoms with Gasteiger partial charge < -0.3 is 10.2 Å². The summed E-state index contributed by atoms with van der Waals surface area (Å²) in [6.07, 6.45) is -3.45. The summed E-state index contributed by atoms with van der Waals surface area (Å²) in [5, 5.41) is 3.14. The lowest BCUT2D eigenvalue weighted by molar-refractivity contribution is -0.187. The number of nitrogens with zero attached hydrogens (tertiary/aromatic N) is 2. The second kappa shape index (κ2) is 6.09. The molecule has 2 saturated heterocycles. The van der Waals surface area contributed by atoms with Crippen LogP contribution in [0.2, 0.25) is 0 Å². The Kier molecular flexibility index (Phi) is 4.67. The Morgan fingerprint density at radius 2 is 1.89 bits per heavy atom. The predicted octanol–water partition coefficient (Wildman–Crippen LogP) is 0.693. The molecule has 0 aromatic carbocycles. The minimum Gasteiger partial charge on any atom is -0.339 e. The van der Waals surface area contributed by atoms with E-state index in [1.165, 1.54) is 0 Å². The van der Waals surface area contributed by atoms with E-state index in [1.54, 1.807) is 9.80 Å². The van der Waals surface area contributed by atoms with Gasteiger partial charge in [-0.3, -0.25) is 9.69 Å². The second-order valence-electron chi connectivity index (χ2n) is 5.25.